The Morgan fingerprint density at radius 2 is 1.78 bits per heavy atom. The Balaban J connectivity index is 1.48. The SMILES string of the molecule is COc1cc2c(cc1OC)C1CC(COC(=O)CC3(CC(=O)O)CCCC3)C(CC(C)C)CN1CC2. The number of hydrogen-bond acceptors (Lipinski definition) is 6. The molecule has 3 aliphatic rings. The van der Waals surface area contributed by atoms with Gasteiger partial charge in [0, 0.05) is 19.1 Å². The molecule has 4 rings (SSSR count). The summed E-state index contributed by atoms with van der Waals surface area (Å²) in [6.07, 6.45) is 6.89. The fourth-order valence-corrected chi connectivity index (χ4v) is 7.00. The lowest BCUT2D eigenvalue weighted by atomic mass is 9.74. The number of fused-ring (bicyclic) bond motifs is 3. The van der Waals surface area contributed by atoms with E-state index in [0.29, 0.717) is 18.4 Å². The van der Waals surface area contributed by atoms with Crippen LogP contribution in [0.15, 0.2) is 12.1 Å². The number of benzene rings is 1. The first-order valence-corrected chi connectivity index (χ1v) is 13.6. The quantitative estimate of drug-likeness (QED) is 0.438. The Hall–Kier alpha value is -2.28. The van der Waals surface area contributed by atoms with Crippen LogP contribution in [-0.4, -0.2) is 55.9 Å². The minimum Gasteiger partial charge on any atom is -0.493 e. The van der Waals surface area contributed by atoms with Crippen molar-refractivity contribution in [2.75, 3.05) is 33.9 Å². The molecule has 7 nitrogen and oxygen atoms in total. The topological polar surface area (TPSA) is 85.3 Å². The van der Waals surface area contributed by atoms with Gasteiger partial charge < -0.3 is 19.3 Å². The molecular formula is C29H43NO6. The summed E-state index contributed by atoms with van der Waals surface area (Å²) < 4.78 is 17.1. The van der Waals surface area contributed by atoms with E-state index in [-0.39, 0.29) is 30.8 Å². The van der Waals surface area contributed by atoms with Crippen molar-refractivity contribution >= 4 is 11.9 Å². The van der Waals surface area contributed by atoms with E-state index >= 15 is 0 Å². The smallest absolute Gasteiger partial charge is 0.306 e. The summed E-state index contributed by atoms with van der Waals surface area (Å²) in [7, 11) is 3.35. The number of carboxylic acid groups (broad SMARTS) is 1. The van der Waals surface area contributed by atoms with Gasteiger partial charge in [0.25, 0.3) is 0 Å². The second kappa shape index (κ2) is 11.4. The van der Waals surface area contributed by atoms with Crippen molar-refractivity contribution in [1.29, 1.82) is 0 Å². The summed E-state index contributed by atoms with van der Waals surface area (Å²) in [5, 5.41) is 9.39. The zero-order valence-electron chi connectivity index (χ0n) is 22.4. The first-order valence-electron chi connectivity index (χ1n) is 13.6. The first-order chi connectivity index (χ1) is 17.2. The van der Waals surface area contributed by atoms with E-state index in [1.807, 2.05) is 0 Å². The van der Waals surface area contributed by atoms with Crippen LogP contribution in [0.1, 0.15) is 82.4 Å². The maximum absolute atomic E-state index is 12.9. The molecule has 1 saturated heterocycles. The molecule has 36 heavy (non-hydrogen) atoms. The number of hydrogen-bond donors (Lipinski definition) is 1. The van der Waals surface area contributed by atoms with Crippen molar-refractivity contribution in [3.8, 4) is 11.5 Å². The second-order valence-corrected chi connectivity index (χ2v) is 11.7. The Morgan fingerprint density at radius 3 is 2.42 bits per heavy atom. The Kier molecular flexibility index (Phi) is 8.48. The van der Waals surface area contributed by atoms with Gasteiger partial charge in [0.05, 0.1) is 33.7 Å². The van der Waals surface area contributed by atoms with Crippen LogP contribution in [0.5, 0.6) is 11.5 Å². The van der Waals surface area contributed by atoms with Gasteiger partial charge in [-0.3, -0.25) is 14.5 Å². The third kappa shape index (κ3) is 5.99. The summed E-state index contributed by atoms with van der Waals surface area (Å²) in [6, 6.07) is 4.52. The minimum absolute atomic E-state index is 0.0562. The maximum Gasteiger partial charge on any atom is 0.306 e. The first kappa shape index (κ1) is 26.8. The lowest BCUT2D eigenvalue weighted by molar-refractivity contribution is -0.151. The van der Waals surface area contributed by atoms with E-state index in [4.69, 9.17) is 14.2 Å². The lowest BCUT2D eigenvalue weighted by Gasteiger charge is -2.47. The molecule has 0 aromatic heterocycles. The molecule has 0 bridgehead atoms. The predicted octanol–water partition coefficient (Wildman–Crippen LogP) is 5.25. The van der Waals surface area contributed by atoms with Crippen molar-refractivity contribution in [3.63, 3.8) is 0 Å². The number of methoxy groups -OCH3 is 2. The fourth-order valence-electron chi connectivity index (χ4n) is 7.00. The zero-order chi connectivity index (χ0) is 25.9. The highest BCUT2D eigenvalue weighted by molar-refractivity contribution is 5.73. The summed E-state index contributed by atoms with van der Waals surface area (Å²) >= 11 is 0. The van der Waals surface area contributed by atoms with Gasteiger partial charge >= 0.3 is 11.9 Å². The van der Waals surface area contributed by atoms with Crippen molar-refractivity contribution in [3.05, 3.63) is 23.3 Å². The van der Waals surface area contributed by atoms with Crippen LogP contribution in [-0.2, 0) is 20.7 Å². The standard InChI is InChI=1S/C29H43NO6/c1-19(2)11-21-17-30-10-7-20-13-25(34-3)26(35-4)14-23(20)24(30)12-22(21)18-36-28(33)16-29(15-27(31)32)8-5-6-9-29/h13-14,19,21-22,24H,5-12,15-18H2,1-4H3,(H,31,32). The summed E-state index contributed by atoms with van der Waals surface area (Å²) in [4.78, 5) is 27.0. The number of carbonyl (C=O) groups is 2. The van der Waals surface area contributed by atoms with Crippen LogP contribution in [0, 0.1) is 23.2 Å². The van der Waals surface area contributed by atoms with Crippen molar-refractivity contribution in [1.82, 2.24) is 4.90 Å². The van der Waals surface area contributed by atoms with Gasteiger partial charge in [0.15, 0.2) is 11.5 Å². The summed E-state index contributed by atoms with van der Waals surface area (Å²) in [5.41, 5.74) is 2.18. The molecule has 3 atom stereocenters. The normalized spacial score (nSPS) is 25.2. The van der Waals surface area contributed by atoms with E-state index in [2.05, 4.69) is 30.9 Å². The van der Waals surface area contributed by atoms with Crippen LogP contribution >= 0.6 is 0 Å². The molecule has 1 N–H and O–H groups in total. The second-order valence-electron chi connectivity index (χ2n) is 11.7. The van der Waals surface area contributed by atoms with Crippen LogP contribution < -0.4 is 9.47 Å². The number of esters is 1. The number of carboxylic acids is 1. The zero-order valence-corrected chi connectivity index (χ0v) is 22.4. The fraction of sp³-hybridized carbons (Fsp3) is 0.724. The number of rotatable bonds is 10. The number of aliphatic carboxylic acids is 1. The average molecular weight is 502 g/mol. The molecule has 0 radical (unpaired) electrons. The van der Waals surface area contributed by atoms with Gasteiger partial charge in [0.2, 0.25) is 0 Å². The largest absolute Gasteiger partial charge is 0.493 e. The van der Waals surface area contributed by atoms with Crippen molar-refractivity contribution in [2.45, 2.75) is 77.7 Å². The number of nitrogens with zero attached hydrogens (tertiary/aromatic N) is 1. The highest BCUT2D eigenvalue weighted by Gasteiger charge is 2.41. The van der Waals surface area contributed by atoms with Gasteiger partial charge in [0.1, 0.15) is 0 Å². The number of ether oxygens (including phenoxy) is 3. The van der Waals surface area contributed by atoms with E-state index in [0.717, 1.165) is 69.5 Å². The van der Waals surface area contributed by atoms with Crippen LogP contribution in [0.3, 0.4) is 0 Å². The van der Waals surface area contributed by atoms with Gasteiger partial charge in [-0.25, -0.2) is 0 Å². The van der Waals surface area contributed by atoms with Crippen molar-refractivity contribution in [2.24, 2.45) is 23.2 Å². The monoisotopic (exact) mass is 501 g/mol. The third-order valence-corrected chi connectivity index (χ3v) is 8.72. The van der Waals surface area contributed by atoms with Gasteiger partial charge in [-0.05, 0) is 78.5 Å². The molecule has 1 aromatic rings. The molecule has 2 heterocycles. The molecular weight excluding hydrogens is 458 g/mol. The van der Waals surface area contributed by atoms with Gasteiger partial charge in [-0.1, -0.05) is 26.7 Å². The Labute approximate surface area is 215 Å². The van der Waals surface area contributed by atoms with Gasteiger partial charge in [-0.2, -0.15) is 0 Å². The van der Waals surface area contributed by atoms with Crippen LogP contribution in [0.4, 0.5) is 0 Å². The molecule has 3 unspecified atom stereocenters. The lowest BCUT2D eigenvalue weighted by Crippen LogP contribution is -2.47. The molecule has 1 aliphatic carbocycles. The minimum atomic E-state index is -0.822. The summed E-state index contributed by atoms with van der Waals surface area (Å²) in [5.74, 6) is 1.78. The van der Waals surface area contributed by atoms with Crippen LogP contribution in [0.25, 0.3) is 0 Å². The van der Waals surface area contributed by atoms with Gasteiger partial charge in [-0.15, -0.1) is 0 Å². The third-order valence-electron chi connectivity index (χ3n) is 8.72. The number of piperidine rings is 1. The Morgan fingerprint density at radius 1 is 1.08 bits per heavy atom. The van der Waals surface area contributed by atoms with E-state index < -0.39 is 11.4 Å². The van der Waals surface area contributed by atoms with E-state index in [1.54, 1.807) is 14.2 Å². The highest BCUT2D eigenvalue weighted by Crippen LogP contribution is 2.47. The molecule has 1 aromatic carbocycles. The van der Waals surface area contributed by atoms with E-state index in [1.165, 1.54) is 11.1 Å². The molecule has 200 valence electrons. The highest BCUT2D eigenvalue weighted by atomic mass is 16.5. The molecule has 0 amide bonds. The van der Waals surface area contributed by atoms with Crippen molar-refractivity contribution < 1.29 is 28.9 Å². The molecule has 2 aliphatic heterocycles. The van der Waals surface area contributed by atoms with Crippen LogP contribution in [0.2, 0.25) is 0 Å². The average Bonchev–Trinajstić information content (AvgIpc) is 3.28. The molecule has 0 spiro atoms. The van der Waals surface area contributed by atoms with E-state index in [9.17, 15) is 14.7 Å². The Bertz CT molecular complexity index is 938. The molecule has 1 saturated carbocycles. The predicted molar refractivity (Wildman–Crippen MR) is 137 cm³/mol. The number of carbonyl (C=O) groups excluding carboxylic acids is 1. The maximum atomic E-state index is 12.9. The molecule has 2 fully saturated rings. The summed E-state index contributed by atoms with van der Waals surface area (Å²) in [6.45, 7) is 6.95. The molecule has 7 heteroatoms.